The van der Waals surface area contributed by atoms with Crippen molar-refractivity contribution < 1.29 is 9.13 Å². The van der Waals surface area contributed by atoms with E-state index in [1.807, 2.05) is 25.1 Å². The lowest BCUT2D eigenvalue weighted by Crippen LogP contribution is -2.35. The molecule has 0 radical (unpaired) electrons. The van der Waals surface area contributed by atoms with Gasteiger partial charge in [0.2, 0.25) is 0 Å². The van der Waals surface area contributed by atoms with Crippen LogP contribution in [0.5, 0.6) is 5.75 Å². The summed E-state index contributed by atoms with van der Waals surface area (Å²) >= 11 is 0. The Balaban J connectivity index is 1.31. The average Bonchev–Trinajstić information content (AvgIpc) is 2.80. The van der Waals surface area contributed by atoms with Gasteiger partial charge in [-0.15, -0.1) is 0 Å². The monoisotopic (exact) mass is 426 g/mol. The van der Waals surface area contributed by atoms with E-state index in [4.69, 9.17) is 4.74 Å². The summed E-state index contributed by atoms with van der Waals surface area (Å²) in [7, 11) is 0. The Labute approximate surface area is 189 Å². The summed E-state index contributed by atoms with van der Waals surface area (Å²) in [4.78, 5) is 0. The predicted octanol–water partition coefficient (Wildman–Crippen LogP) is 8.30. The molecule has 2 heteroatoms. The van der Waals surface area contributed by atoms with E-state index in [2.05, 4.69) is 13.0 Å². The molecule has 0 saturated heterocycles. The van der Waals surface area contributed by atoms with Gasteiger partial charge in [0.05, 0.1) is 0 Å². The van der Waals surface area contributed by atoms with Gasteiger partial charge in [0, 0.05) is 0 Å². The molecular formula is C29H43FO. The second-order valence-electron chi connectivity index (χ2n) is 10.7. The molecule has 5 unspecified atom stereocenters. The van der Waals surface area contributed by atoms with Gasteiger partial charge in [-0.1, -0.05) is 57.2 Å². The SMILES string of the molecule is C/C=C/COc1ccc2c(c1F)CCC(C1CCC3CC(CCCCC)CCC3C1)C2. The summed E-state index contributed by atoms with van der Waals surface area (Å²) in [6, 6.07) is 4.00. The fourth-order valence-corrected chi connectivity index (χ4v) is 6.96. The first kappa shape index (κ1) is 22.9. The first-order valence-electron chi connectivity index (χ1n) is 13.2. The third-order valence-electron chi connectivity index (χ3n) is 8.77. The zero-order chi connectivity index (χ0) is 21.6. The first-order valence-corrected chi connectivity index (χ1v) is 13.2. The highest BCUT2D eigenvalue weighted by atomic mass is 19.1. The lowest BCUT2D eigenvalue weighted by Gasteiger charge is -2.45. The Kier molecular flexibility index (Phi) is 8.13. The van der Waals surface area contributed by atoms with Crippen LogP contribution in [0.15, 0.2) is 24.3 Å². The summed E-state index contributed by atoms with van der Waals surface area (Å²) in [6.45, 7) is 4.71. The smallest absolute Gasteiger partial charge is 0.168 e. The van der Waals surface area contributed by atoms with Crippen LogP contribution in [0.4, 0.5) is 4.39 Å². The lowest BCUT2D eigenvalue weighted by molar-refractivity contribution is 0.0688. The molecule has 2 fully saturated rings. The molecule has 0 heterocycles. The van der Waals surface area contributed by atoms with Crippen molar-refractivity contribution in [1.82, 2.24) is 0 Å². The third-order valence-corrected chi connectivity index (χ3v) is 8.77. The Morgan fingerprint density at radius 2 is 1.74 bits per heavy atom. The first-order chi connectivity index (χ1) is 15.2. The van der Waals surface area contributed by atoms with Crippen molar-refractivity contribution in [2.75, 3.05) is 6.61 Å². The number of hydrogen-bond donors (Lipinski definition) is 0. The van der Waals surface area contributed by atoms with E-state index in [1.165, 1.54) is 69.8 Å². The summed E-state index contributed by atoms with van der Waals surface area (Å²) in [6.07, 6.45) is 21.4. The summed E-state index contributed by atoms with van der Waals surface area (Å²) in [5, 5.41) is 0. The molecule has 172 valence electrons. The Bertz CT molecular complexity index is 738. The van der Waals surface area contributed by atoms with Crippen molar-refractivity contribution in [1.29, 1.82) is 0 Å². The Morgan fingerprint density at radius 3 is 2.55 bits per heavy atom. The van der Waals surface area contributed by atoms with E-state index in [-0.39, 0.29) is 5.82 Å². The number of benzene rings is 1. The van der Waals surface area contributed by atoms with Crippen LogP contribution in [-0.2, 0) is 12.8 Å². The third kappa shape index (κ3) is 5.55. The fourth-order valence-electron chi connectivity index (χ4n) is 6.96. The highest BCUT2D eigenvalue weighted by molar-refractivity contribution is 5.39. The minimum atomic E-state index is -0.106. The normalized spacial score (nSPS) is 30.7. The standard InChI is InChI=1S/C29H43FO/c1-3-5-7-8-21-9-10-23-19-24(12-11-22(23)18-21)25-13-15-27-26(20-25)14-16-28(29(27)30)31-17-6-4-2/h4,6,14,16,21-25H,3,5,7-13,15,17-20H2,1-2H3/b6-4+. The number of allylic oxidation sites excluding steroid dienone is 1. The zero-order valence-electron chi connectivity index (χ0n) is 19.9. The van der Waals surface area contributed by atoms with Crippen molar-refractivity contribution in [3.63, 3.8) is 0 Å². The van der Waals surface area contributed by atoms with Crippen molar-refractivity contribution >= 4 is 0 Å². The minimum Gasteiger partial charge on any atom is -0.486 e. The van der Waals surface area contributed by atoms with Gasteiger partial charge < -0.3 is 4.74 Å². The van der Waals surface area contributed by atoms with Crippen LogP contribution < -0.4 is 4.74 Å². The maximum absolute atomic E-state index is 15.0. The number of ether oxygens (including phenoxy) is 1. The zero-order valence-corrected chi connectivity index (χ0v) is 19.9. The van der Waals surface area contributed by atoms with E-state index >= 15 is 0 Å². The van der Waals surface area contributed by atoms with E-state index in [1.54, 1.807) is 0 Å². The van der Waals surface area contributed by atoms with E-state index in [0.717, 1.165) is 54.4 Å². The van der Waals surface area contributed by atoms with E-state index in [9.17, 15) is 4.39 Å². The number of rotatable bonds is 8. The molecule has 2 saturated carbocycles. The Hall–Kier alpha value is -1.31. The molecule has 0 aliphatic heterocycles. The Morgan fingerprint density at radius 1 is 0.968 bits per heavy atom. The largest absolute Gasteiger partial charge is 0.486 e. The molecule has 0 N–H and O–H groups in total. The molecule has 1 nitrogen and oxygen atoms in total. The molecule has 0 spiro atoms. The van der Waals surface area contributed by atoms with Crippen molar-refractivity contribution in [3.05, 3.63) is 41.2 Å². The van der Waals surface area contributed by atoms with Crippen LogP contribution in [0.2, 0.25) is 0 Å². The van der Waals surface area contributed by atoms with Crippen LogP contribution in [-0.4, -0.2) is 6.61 Å². The summed E-state index contributed by atoms with van der Waals surface area (Å²) < 4.78 is 20.6. The number of hydrogen-bond acceptors (Lipinski definition) is 1. The molecule has 0 amide bonds. The summed E-state index contributed by atoms with van der Waals surface area (Å²) in [5.74, 6) is 4.92. The van der Waals surface area contributed by atoms with E-state index in [0.29, 0.717) is 12.4 Å². The average molecular weight is 427 g/mol. The van der Waals surface area contributed by atoms with Gasteiger partial charge >= 0.3 is 0 Å². The van der Waals surface area contributed by atoms with Gasteiger partial charge in [-0.25, -0.2) is 4.39 Å². The van der Waals surface area contributed by atoms with Crippen LogP contribution in [0.1, 0.15) is 95.6 Å². The van der Waals surface area contributed by atoms with Crippen LogP contribution in [0.25, 0.3) is 0 Å². The van der Waals surface area contributed by atoms with Gasteiger partial charge in [0.15, 0.2) is 11.6 Å². The van der Waals surface area contributed by atoms with Crippen molar-refractivity contribution in [3.8, 4) is 5.75 Å². The molecule has 4 rings (SSSR count). The van der Waals surface area contributed by atoms with Gasteiger partial charge in [-0.3, -0.25) is 0 Å². The molecule has 3 aliphatic rings. The molecule has 0 aromatic heterocycles. The highest BCUT2D eigenvalue weighted by Crippen LogP contribution is 2.49. The van der Waals surface area contributed by atoms with Crippen molar-refractivity contribution in [2.24, 2.45) is 29.6 Å². The minimum absolute atomic E-state index is 0.106. The number of halogens is 1. The van der Waals surface area contributed by atoms with Gasteiger partial charge in [0.25, 0.3) is 0 Å². The van der Waals surface area contributed by atoms with Crippen molar-refractivity contribution in [2.45, 2.75) is 97.3 Å². The highest BCUT2D eigenvalue weighted by Gasteiger charge is 2.38. The van der Waals surface area contributed by atoms with Gasteiger partial charge in [-0.05, 0) is 105 Å². The molecule has 3 aliphatic carbocycles. The maximum Gasteiger partial charge on any atom is 0.168 e. The second-order valence-corrected chi connectivity index (χ2v) is 10.7. The predicted molar refractivity (Wildman–Crippen MR) is 128 cm³/mol. The van der Waals surface area contributed by atoms with E-state index < -0.39 is 0 Å². The van der Waals surface area contributed by atoms with Crippen LogP contribution in [0, 0.1) is 35.4 Å². The molecule has 0 bridgehead atoms. The quantitative estimate of drug-likeness (QED) is 0.300. The van der Waals surface area contributed by atoms with Gasteiger partial charge in [-0.2, -0.15) is 0 Å². The maximum atomic E-state index is 15.0. The fraction of sp³-hybridized carbons (Fsp3) is 0.724. The molecule has 1 aromatic rings. The van der Waals surface area contributed by atoms with Crippen LogP contribution >= 0.6 is 0 Å². The molecule has 1 aromatic carbocycles. The second kappa shape index (κ2) is 11.0. The number of fused-ring (bicyclic) bond motifs is 2. The topological polar surface area (TPSA) is 9.23 Å². The molecular weight excluding hydrogens is 383 g/mol. The number of unbranched alkanes of at least 4 members (excludes halogenated alkanes) is 2. The lowest BCUT2D eigenvalue weighted by atomic mass is 9.61. The van der Waals surface area contributed by atoms with Gasteiger partial charge in [0.1, 0.15) is 6.61 Å². The molecule has 5 atom stereocenters. The summed E-state index contributed by atoms with van der Waals surface area (Å²) in [5.41, 5.74) is 2.17. The van der Waals surface area contributed by atoms with Crippen LogP contribution in [0.3, 0.4) is 0 Å². The molecule has 31 heavy (non-hydrogen) atoms.